The van der Waals surface area contributed by atoms with E-state index in [0.717, 1.165) is 18.0 Å². The lowest BCUT2D eigenvalue weighted by Crippen LogP contribution is -2.53. The van der Waals surface area contributed by atoms with Crippen LogP contribution in [0.1, 0.15) is 40.8 Å². The summed E-state index contributed by atoms with van der Waals surface area (Å²) in [6.07, 6.45) is 0.0831. The first-order valence-corrected chi connectivity index (χ1v) is 8.62. The zero-order chi connectivity index (χ0) is 16.4. The number of carbonyl (C=O) groups excluding carboxylic acids is 1. The molecule has 1 aliphatic heterocycles. The van der Waals surface area contributed by atoms with Crippen molar-refractivity contribution in [3.63, 3.8) is 0 Å². The molecule has 0 radical (unpaired) electrons. The van der Waals surface area contributed by atoms with Gasteiger partial charge in [0.1, 0.15) is 0 Å². The molecule has 1 saturated heterocycles. The number of amides is 1. The lowest BCUT2D eigenvalue weighted by Gasteiger charge is -2.45. The molecule has 2 N–H and O–H groups in total. The maximum absolute atomic E-state index is 11.3. The second-order valence-corrected chi connectivity index (χ2v) is 7.57. The fraction of sp³-hybridized carbons (Fsp3) is 0.389. The maximum Gasteiger partial charge on any atom is 0.249 e. The Labute approximate surface area is 140 Å². The molecule has 1 aliphatic rings. The van der Waals surface area contributed by atoms with Gasteiger partial charge in [0.15, 0.2) is 0 Å². The summed E-state index contributed by atoms with van der Waals surface area (Å²) >= 11 is 1.59. The van der Waals surface area contributed by atoms with Gasteiger partial charge in [0.2, 0.25) is 5.91 Å². The highest BCUT2D eigenvalue weighted by molar-refractivity contribution is 7.10. The highest BCUT2D eigenvalue weighted by Gasteiger charge is 2.35. The third-order valence-corrected chi connectivity index (χ3v) is 5.26. The molecular formula is C18H22N2O2S. The molecule has 0 unspecified atom stereocenters. The van der Waals surface area contributed by atoms with Crippen LogP contribution >= 0.6 is 11.3 Å². The van der Waals surface area contributed by atoms with Crippen LogP contribution in [0.3, 0.4) is 0 Å². The molecule has 1 fully saturated rings. The molecule has 5 heteroatoms. The summed E-state index contributed by atoms with van der Waals surface area (Å²) in [6.45, 7) is 6.70. The third kappa shape index (κ3) is 3.63. The highest BCUT2D eigenvalue weighted by Crippen LogP contribution is 2.32. The van der Waals surface area contributed by atoms with Gasteiger partial charge in [-0.3, -0.25) is 9.69 Å². The lowest BCUT2D eigenvalue weighted by atomic mass is 9.98. The molecule has 0 bridgehead atoms. The highest BCUT2D eigenvalue weighted by atomic mass is 32.1. The number of ether oxygens (including phenoxy) is 1. The van der Waals surface area contributed by atoms with E-state index in [4.69, 9.17) is 10.5 Å². The fourth-order valence-corrected chi connectivity index (χ4v) is 3.71. The molecule has 1 amide bonds. The van der Waals surface area contributed by atoms with E-state index in [1.54, 1.807) is 11.3 Å². The van der Waals surface area contributed by atoms with Crippen LogP contribution in [-0.2, 0) is 11.3 Å². The summed E-state index contributed by atoms with van der Waals surface area (Å²) in [7, 11) is 0. The van der Waals surface area contributed by atoms with Crippen molar-refractivity contribution in [2.45, 2.75) is 32.0 Å². The number of carbonyl (C=O) groups is 1. The van der Waals surface area contributed by atoms with Gasteiger partial charge in [-0.2, -0.15) is 0 Å². The Morgan fingerprint density at radius 3 is 2.78 bits per heavy atom. The Morgan fingerprint density at radius 2 is 2.13 bits per heavy atom. The number of hydrogen-bond acceptors (Lipinski definition) is 4. The minimum atomic E-state index is -0.365. The van der Waals surface area contributed by atoms with Crippen molar-refractivity contribution >= 4 is 17.2 Å². The van der Waals surface area contributed by atoms with Gasteiger partial charge < -0.3 is 10.5 Å². The monoisotopic (exact) mass is 330 g/mol. The first-order chi connectivity index (χ1) is 11.0. The first-order valence-electron chi connectivity index (χ1n) is 7.74. The molecule has 2 aromatic rings. The van der Waals surface area contributed by atoms with Gasteiger partial charge in [-0.25, -0.2) is 0 Å². The van der Waals surface area contributed by atoms with Crippen LogP contribution in [0.2, 0.25) is 0 Å². The van der Waals surface area contributed by atoms with E-state index in [-0.39, 0.29) is 17.6 Å². The Balaban J connectivity index is 1.76. The molecule has 0 spiro atoms. The van der Waals surface area contributed by atoms with Crippen LogP contribution in [0, 0.1) is 0 Å². The molecule has 122 valence electrons. The van der Waals surface area contributed by atoms with Crippen LogP contribution < -0.4 is 5.73 Å². The van der Waals surface area contributed by atoms with E-state index in [1.807, 2.05) is 29.6 Å². The van der Waals surface area contributed by atoms with Crippen molar-refractivity contribution in [2.24, 2.45) is 5.73 Å². The molecule has 1 aromatic carbocycles. The van der Waals surface area contributed by atoms with Crippen LogP contribution in [0.15, 0.2) is 41.8 Å². The Hall–Kier alpha value is -1.69. The second kappa shape index (κ2) is 6.43. The second-order valence-electron chi connectivity index (χ2n) is 6.57. The molecule has 1 atom stereocenters. The quantitative estimate of drug-likeness (QED) is 0.936. The van der Waals surface area contributed by atoms with Gasteiger partial charge in [0.25, 0.3) is 0 Å². The molecule has 1 aromatic heterocycles. The van der Waals surface area contributed by atoms with Crippen molar-refractivity contribution in [3.05, 3.63) is 57.8 Å². The van der Waals surface area contributed by atoms with Crippen molar-refractivity contribution in [1.82, 2.24) is 4.90 Å². The Morgan fingerprint density at radius 1 is 1.39 bits per heavy atom. The minimum absolute atomic E-state index is 0.0395. The van der Waals surface area contributed by atoms with Gasteiger partial charge in [-0.05, 0) is 25.5 Å². The summed E-state index contributed by atoms with van der Waals surface area (Å²) in [4.78, 5) is 14.8. The summed E-state index contributed by atoms with van der Waals surface area (Å²) in [5.41, 5.74) is 7.10. The standard InChI is InChI=1S/C18H22N2O2S/c1-18(2)12-22-16(13-6-4-3-5-7-13)10-20(18)9-15-8-14(11-23-15)17(19)21/h3-8,11,16H,9-10,12H2,1-2H3,(H2,19,21)/t16-/m1/s1. The van der Waals surface area contributed by atoms with E-state index < -0.39 is 0 Å². The summed E-state index contributed by atoms with van der Waals surface area (Å²) in [6, 6.07) is 12.2. The number of thiophene rings is 1. The van der Waals surface area contributed by atoms with Crippen molar-refractivity contribution < 1.29 is 9.53 Å². The molecule has 2 heterocycles. The van der Waals surface area contributed by atoms with Gasteiger partial charge in [0, 0.05) is 28.9 Å². The lowest BCUT2D eigenvalue weighted by molar-refractivity contribution is -0.104. The predicted molar refractivity (Wildman–Crippen MR) is 92.5 cm³/mol. The summed E-state index contributed by atoms with van der Waals surface area (Å²) in [5.74, 6) is -0.365. The van der Waals surface area contributed by atoms with E-state index >= 15 is 0 Å². The largest absolute Gasteiger partial charge is 0.370 e. The number of nitrogens with zero attached hydrogens (tertiary/aromatic N) is 1. The Kier molecular flexibility index (Phi) is 4.53. The predicted octanol–water partition coefficient (Wildman–Crippen LogP) is 3.20. The fourth-order valence-electron chi connectivity index (χ4n) is 2.82. The first kappa shape index (κ1) is 16.2. The summed E-state index contributed by atoms with van der Waals surface area (Å²) < 4.78 is 6.08. The van der Waals surface area contributed by atoms with E-state index in [1.165, 1.54) is 5.56 Å². The van der Waals surface area contributed by atoms with E-state index in [9.17, 15) is 4.79 Å². The number of benzene rings is 1. The minimum Gasteiger partial charge on any atom is -0.370 e. The van der Waals surface area contributed by atoms with Gasteiger partial charge in [0.05, 0.1) is 18.3 Å². The van der Waals surface area contributed by atoms with Crippen molar-refractivity contribution in [2.75, 3.05) is 13.2 Å². The number of nitrogens with two attached hydrogens (primary N) is 1. The number of rotatable bonds is 4. The summed E-state index contributed by atoms with van der Waals surface area (Å²) in [5, 5.41) is 1.83. The Bertz CT molecular complexity index is 681. The van der Waals surface area contributed by atoms with Crippen LogP contribution in [0.25, 0.3) is 0 Å². The third-order valence-electron chi connectivity index (χ3n) is 4.34. The van der Waals surface area contributed by atoms with Crippen LogP contribution in [0.5, 0.6) is 0 Å². The molecule has 0 saturated carbocycles. The van der Waals surface area contributed by atoms with Gasteiger partial charge in [-0.1, -0.05) is 30.3 Å². The smallest absolute Gasteiger partial charge is 0.249 e. The average molecular weight is 330 g/mol. The zero-order valence-corrected chi connectivity index (χ0v) is 14.3. The topological polar surface area (TPSA) is 55.6 Å². The van der Waals surface area contributed by atoms with E-state index in [2.05, 4.69) is 30.9 Å². The SMILES string of the molecule is CC1(C)CO[C@@H](c2ccccc2)CN1Cc1cc(C(N)=O)cs1. The normalized spacial score (nSPS) is 21.2. The number of hydrogen-bond donors (Lipinski definition) is 1. The van der Waals surface area contributed by atoms with Gasteiger partial charge in [-0.15, -0.1) is 11.3 Å². The van der Waals surface area contributed by atoms with Crippen molar-refractivity contribution in [1.29, 1.82) is 0 Å². The average Bonchev–Trinajstić information content (AvgIpc) is 2.99. The zero-order valence-electron chi connectivity index (χ0n) is 13.5. The maximum atomic E-state index is 11.3. The van der Waals surface area contributed by atoms with Crippen LogP contribution in [0.4, 0.5) is 0 Å². The molecule has 0 aliphatic carbocycles. The van der Waals surface area contributed by atoms with E-state index in [0.29, 0.717) is 12.2 Å². The number of morpholine rings is 1. The van der Waals surface area contributed by atoms with Gasteiger partial charge >= 0.3 is 0 Å². The molecule has 3 rings (SSSR count). The molecule has 4 nitrogen and oxygen atoms in total. The molecule has 23 heavy (non-hydrogen) atoms. The van der Waals surface area contributed by atoms with Crippen molar-refractivity contribution in [3.8, 4) is 0 Å². The number of primary amides is 1. The van der Waals surface area contributed by atoms with Crippen LogP contribution in [-0.4, -0.2) is 29.5 Å². The molecular weight excluding hydrogens is 308 g/mol.